The standard InChI is InChI=1S/C15H15NO4/c1-3-19-13-5-4-6-14(16-13)20-12-9-10(2)7-8-11(12)15(17)18/h4-9H,3H2,1-2H3,(H,17,18). The number of aromatic carboxylic acids is 1. The molecule has 104 valence electrons. The summed E-state index contributed by atoms with van der Waals surface area (Å²) in [4.78, 5) is 15.3. The molecule has 0 aliphatic heterocycles. The van der Waals surface area contributed by atoms with Gasteiger partial charge in [-0.1, -0.05) is 12.1 Å². The fraction of sp³-hybridized carbons (Fsp3) is 0.200. The Kier molecular flexibility index (Phi) is 4.20. The molecule has 0 spiro atoms. The van der Waals surface area contributed by atoms with E-state index in [-0.39, 0.29) is 11.3 Å². The highest BCUT2D eigenvalue weighted by Crippen LogP contribution is 2.26. The van der Waals surface area contributed by atoms with E-state index in [1.54, 1.807) is 30.3 Å². The molecule has 0 fully saturated rings. The molecule has 1 aromatic heterocycles. The van der Waals surface area contributed by atoms with Crippen molar-refractivity contribution in [3.63, 3.8) is 0 Å². The number of hydrogen-bond donors (Lipinski definition) is 1. The summed E-state index contributed by atoms with van der Waals surface area (Å²) in [6.07, 6.45) is 0. The number of rotatable bonds is 5. The van der Waals surface area contributed by atoms with Crippen molar-refractivity contribution >= 4 is 5.97 Å². The minimum Gasteiger partial charge on any atom is -0.478 e. The molecule has 1 N–H and O–H groups in total. The number of carboxylic acids is 1. The maximum absolute atomic E-state index is 11.2. The van der Waals surface area contributed by atoms with Crippen LogP contribution < -0.4 is 9.47 Å². The molecule has 0 aliphatic carbocycles. The van der Waals surface area contributed by atoms with Crippen LogP contribution in [0.4, 0.5) is 0 Å². The SMILES string of the molecule is CCOc1cccc(Oc2cc(C)ccc2C(=O)O)n1. The molecule has 1 heterocycles. The molecule has 20 heavy (non-hydrogen) atoms. The summed E-state index contributed by atoms with van der Waals surface area (Å²) < 4.78 is 10.8. The molecule has 0 bridgehead atoms. The first-order valence-electron chi connectivity index (χ1n) is 6.22. The van der Waals surface area contributed by atoms with Gasteiger partial charge in [0.25, 0.3) is 0 Å². The Labute approximate surface area is 116 Å². The van der Waals surface area contributed by atoms with Gasteiger partial charge in [-0.25, -0.2) is 4.79 Å². The van der Waals surface area contributed by atoms with E-state index < -0.39 is 5.97 Å². The van der Waals surface area contributed by atoms with Crippen LogP contribution in [0, 0.1) is 6.92 Å². The van der Waals surface area contributed by atoms with Crippen LogP contribution >= 0.6 is 0 Å². The van der Waals surface area contributed by atoms with Gasteiger partial charge in [0.15, 0.2) is 0 Å². The Morgan fingerprint density at radius 3 is 2.70 bits per heavy atom. The molecule has 2 aromatic rings. The third-order valence-electron chi connectivity index (χ3n) is 2.57. The second-order valence-electron chi connectivity index (χ2n) is 4.15. The molecule has 0 unspecified atom stereocenters. The highest BCUT2D eigenvalue weighted by molar-refractivity contribution is 5.91. The molecule has 0 saturated carbocycles. The average molecular weight is 273 g/mol. The van der Waals surface area contributed by atoms with E-state index in [4.69, 9.17) is 14.6 Å². The first-order valence-corrected chi connectivity index (χ1v) is 6.22. The fourth-order valence-electron chi connectivity index (χ4n) is 1.68. The minimum absolute atomic E-state index is 0.0965. The molecule has 5 nitrogen and oxygen atoms in total. The van der Waals surface area contributed by atoms with Gasteiger partial charge in [-0.3, -0.25) is 0 Å². The Bertz CT molecular complexity index is 625. The normalized spacial score (nSPS) is 10.1. The number of hydrogen-bond acceptors (Lipinski definition) is 4. The number of carbonyl (C=O) groups is 1. The topological polar surface area (TPSA) is 68.7 Å². The zero-order valence-corrected chi connectivity index (χ0v) is 11.3. The predicted octanol–water partition coefficient (Wildman–Crippen LogP) is 3.28. The van der Waals surface area contributed by atoms with Crippen LogP contribution in [0.5, 0.6) is 17.5 Å². The molecule has 0 radical (unpaired) electrons. The molecular weight excluding hydrogens is 258 g/mol. The van der Waals surface area contributed by atoms with E-state index in [2.05, 4.69) is 4.98 Å². The minimum atomic E-state index is -1.04. The van der Waals surface area contributed by atoms with E-state index in [1.165, 1.54) is 6.07 Å². The van der Waals surface area contributed by atoms with Gasteiger partial charge in [0.05, 0.1) is 6.61 Å². The van der Waals surface area contributed by atoms with Crippen molar-refractivity contribution in [2.45, 2.75) is 13.8 Å². The summed E-state index contributed by atoms with van der Waals surface area (Å²) in [6.45, 7) is 4.22. The van der Waals surface area contributed by atoms with Crippen molar-refractivity contribution < 1.29 is 19.4 Å². The van der Waals surface area contributed by atoms with Crippen molar-refractivity contribution in [3.8, 4) is 17.5 Å². The molecule has 5 heteroatoms. The molecule has 0 atom stereocenters. The third kappa shape index (κ3) is 3.26. The molecule has 0 amide bonds. The maximum atomic E-state index is 11.2. The lowest BCUT2D eigenvalue weighted by atomic mass is 10.1. The van der Waals surface area contributed by atoms with Gasteiger partial charge in [-0.2, -0.15) is 4.98 Å². The summed E-state index contributed by atoms with van der Waals surface area (Å²) in [5, 5.41) is 9.15. The zero-order valence-electron chi connectivity index (χ0n) is 11.3. The van der Waals surface area contributed by atoms with Crippen LogP contribution in [-0.4, -0.2) is 22.7 Å². The van der Waals surface area contributed by atoms with Crippen molar-refractivity contribution in [1.29, 1.82) is 0 Å². The number of aryl methyl sites for hydroxylation is 1. The number of nitrogens with zero attached hydrogens (tertiary/aromatic N) is 1. The second kappa shape index (κ2) is 6.06. The fourth-order valence-corrected chi connectivity index (χ4v) is 1.68. The van der Waals surface area contributed by atoms with Crippen molar-refractivity contribution in [1.82, 2.24) is 4.98 Å². The van der Waals surface area contributed by atoms with Gasteiger partial charge in [-0.05, 0) is 31.5 Å². The van der Waals surface area contributed by atoms with Gasteiger partial charge < -0.3 is 14.6 Å². The number of benzene rings is 1. The maximum Gasteiger partial charge on any atom is 0.339 e. The number of ether oxygens (including phenoxy) is 2. The Morgan fingerprint density at radius 1 is 1.25 bits per heavy atom. The summed E-state index contributed by atoms with van der Waals surface area (Å²) >= 11 is 0. The molecule has 2 rings (SSSR count). The van der Waals surface area contributed by atoms with Gasteiger partial charge in [0.1, 0.15) is 11.3 Å². The van der Waals surface area contributed by atoms with Crippen LogP contribution in [0.2, 0.25) is 0 Å². The Hall–Kier alpha value is -2.56. The number of pyridine rings is 1. The highest BCUT2D eigenvalue weighted by Gasteiger charge is 2.13. The first-order chi connectivity index (χ1) is 9.60. The van der Waals surface area contributed by atoms with E-state index >= 15 is 0 Å². The van der Waals surface area contributed by atoms with E-state index in [0.717, 1.165) is 5.56 Å². The monoisotopic (exact) mass is 273 g/mol. The summed E-state index contributed by atoms with van der Waals surface area (Å²) in [5.74, 6) is -0.0433. The molecule has 0 aliphatic rings. The summed E-state index contributed by atoms with van der Waals surface area (Å²) in [7, 11) is 0. The lowest BCUT2D eigenvalue weighted by molar-refractivity contribution is 0.0694. The van der Waals surface area contributed by atoms with E-state index in [9.17, 15) is 4.79 Å². The van der Waals surface area contributed by atoms with Crippen LogP contribution in [0.3, 0.4) is 0 Å². The lowest BCUT2D eigenvalue weighted by Crippen LogP contribution is -2.01. The van der Waals surface area contributed by atoms with Gasteiger partial charge >= 0.3 is 5.97 Å². The highest BCUT2D eigenvalue weighted by atomic mass is 16.5. The zero-order chi connectivity index (χ0) is 14.5. The van der Waals surface area contributed by atoms with Crippen LogP contribution in [0.15, 0.2) is 36.4 Å². The van der Waals surface area contributed by atoms with E-state index in [0.29, 0.717) is 18.4 Å². The summed E-state index contributed by atoms with van der Waals surface area (Å²) in [5.41, 5.74) is 1.00. The second-order valence-corrected chi connectivity index (χ2v) is 4.15. The molecular formula is C15H15NO4. The molecule has 1 aromatic carbocycles. The number of aromatic nitrogens is 1. The van der Waals surface area contributed by atoms with Crippen LogP contribution in [-0.2, 0) is 0 Å². The largest absolute Gasteiger partial charge is 0.478 e. The quantitative estimate of drug-likeness (QED) is 0.905. The van der Waals surface area contributed by atoms with Crippen molar-refractivity contribution in [2.75, 3.05) is 6.61 Å². The summed E-state index contributed by atoms with van der Waals surface area (Å²) in [6, 6.07) is 10.0. The number of carboxylic acid groups (broad SMARTS) is 1. The van der Waals surface area contributed by atoms with Crippen molar-refractivity contribution in [2.24, 2.45) is 0 Å². The van der Waals surface area contributed by atoms with Crippen LogP contribution in [0.1, 0.15) is 22.8 Å². The van der Waals surface area contributed by atoms with Gasteiger partial charge in [-0.15, -0.1) is 0 Å². The first kappa shape index (κ1) is 13.9. The average Bonchev–Trinajstić information content (AvgIpc) is 2.39. The smallest absolute Gasteiger partial charge is 0.339 e. The van der Waals surface area contributed by atoms with Crippen molar-refractivity contribution in [3.05, 3.63) is 47.5 Å². The lowest BCUT2D eigenvalue weighted by Gasteiger charge is -2.10. The predicted molar refractivity (Wildman–Crippen MR) is 73.6 cm³/mol. The van der Waals surface area contributed by atoms with E-state index in [1.807, 2.05) is 13.8 Å². The van der Waals surface area contributed by atoms with Crippen LogP contribution in [0.25, 0.3) is 0 Å². The Balaban J connectivity index is 2.31. The van der Waals surface area contributed by atoms with Gasteiger partial charge in [0.2, 0.25) is 11.8 Å². The Morgan fingerprint density at radius 2 is 2.00 bits per heavy atom. The third-order valence-corrected chi connectivity index (χ3v) is 2.57. The van der Waals surface area contributed by atoms with Gasteiger partial charge in [0, 0.05) is 12.1 Å². The molecule has 0 saturated heterocycles.